The molecule has 0 aliphatic carbocycles. The lowest BCUT2D eigenvalue weighted by molar-refractivity contribution is 0.131. The number of hydrogen-bond donors (Lipinski definition) is 2. The van der Waals surface area contributed by atoms with Crippen LogP contribution in [0.2, 0.25) is 0 Å². The highest BCUT2D eigenvalue weighted by molar-refractivity contribution is 7.10. The molecule has 0 unspecified atom stereocenters. The molecular formula is C9H18N6S. The van der Waals surface area contributed by atoms with Gasteiger partial charge in [0, 0.05) is 44.3 Å². The van der Waals surface area contributed by atoms with Gasteiger partial charge in [0.25, 0.3) is 0 Å². The maximum atomic E-state index is 5.40. The van der Waals surface area contributed by atoms with Gasteiger partial charge in [0.15, 0.2) is 0 Å². The topological polar surface area (TPSA) is 70.3 Å². The van der Waals surface area contributed by atoms with Crippen LogP contribution in [-0.4, -0.2) is 52.1 Å². The van der Waals surface area contributed by atoms with Crippen molar-refractivity contribution in [1.82, 2.24) is 19.4 Å². The van der Waals surface area contributed by atoms with Crippen molar-refractivity contribution in [2.24, 2.45) is 5.84 Å². The minimum atomic E-state index is 0.841. The van der Waals surface area contributed by atoms with Crippen LogP contribution in [0.25, 0.3) is 0 Å². The van der Waals surface area contributed by atoms with Crippen molar-refractivity contribution < 1.29 is 0 Å². The molecule has 1 aliphatic rings. The van der Waals surface area contributed by atoms with Crippen LogP contribution in [-0.2, 0) is 6.54 Å². The van der Waals surface area contributed by atoms with Crippen LogP contribution in [0.4, 0.5) is 5.00 Å². The zero-order valence-corrected chi connectivity index (χ0v) is 10.3. The van der Waals surface area contributed by atoms with Gasteiger partial charge in [-0.3, -0.25) is 4.90 Å². The summed E-state index contributed by atoms with van der Waals surface area (Å²) in [5.74, 6) is 5.40. The van der Waals surface area contributed by atoms with Crippen molar-refractivity contribution in [2.45, 2.75) is 13.5 Å². The van der Waals surface area contributed by atoms with Crippen LogP contribution >= 0.6 is 11.5 Å². The third-order valence-corrected chi connectivity index (χ3v) is 3.67. The van der Waals surface area contributed by atoms with E-state index in [1.807, 2.05) is 0 Å². The molecule has 0 amide bonds. The smallest absolute Gasteiger partial charge is 0.148 e. The Balaban J connectivity index is 1.87. The first kappa shape index (κ1) is 11.7. The number of nitrogens with one attached hydrogen (secondary N) is 1. The van der Waals surface area contributed by atoms with E-state index in [1.54, 1.807) is 0 Å². The van der Waals surface area contributed by atoms with Crippen molar-refractivity contribution in [1.29, 1.82) is 0 Å². The van der Waals surface area contributed by atoms with E-state index in [1.165, 1.54) is 11.5 Å². The lowest BCUT2D eigenvalue weighted by Gasteiger charge is -2.33. The zero-order chi connectivity index (χ0) is 11.4. The highest BCUT2D eigenvalue weighted by Crippen LogP contribution is 2.18. The highest BCUT2D eigenvalue weighted by atomic mass is 32.1. The van der Waals surface area contributed by atoms with Crippen molar-refractivity contribution >= 4 is 16.5 Å². The van der Waals surface area contributed by atoms with Gasteiger partial charge in [-0.1, -0.05) is 11.4 Å². The Labute approximate surface area is 99.5 Å². The molecule has 7 heteroatoms. The minimum absolute atomic E-state index is 0.841. The number of rotatable bonds is 4. The second-order valence-corrected chi connectivity index (χ2v) is 4.66. The van der Waals surface area contributed by atoms with E-state index in [9.17, 15) is 0 Å². The minimum Gasteiger partial charge on any atom is -0.313 e. The van der Waals surface area contributed by atoms with Gasteiger partial charge in [-0.05, 0) is 6.54 Å². The summed E-state index contributed by atoms with van der Waals surface area (Å²) < 4.78 is 3.90. The molecule has 0 bridgehead atoms. The van der Waals surface area contributed by atoms with Crippen LogP contribution in [0.5, 0.6) is 0 Å². The van der Waals surface area contributed by atoms with Crippen LogP contribution in [0, 0.1) is 0 Å². The normalized spacial score (nSPS) is 18.9. The fourth-order valence-electron chi connectivity index (χ4n) is 1.90. The molecule has 90 valence electrons. The maximum absolute atomic E-state index is 5.40. The molecule has 6 nitrogen and oxygen atoms in total. The van der Waals surface area contributed by atoms with Crippen molar-refractivity contribution in [3.63, 3.8) is 0 Å². The summed E-state index contributed by atoms with van der Waals surface area (Å²) in [5.41, 5.74) is 3.60. The van der Waals surface area contributed by atoms with Gasteiger partial charge in [0.1, 0.15) is 10.7 Å². The molecule has 1 aliphatic heterocycles. The lowest BCUT2D eigenvalue weighted by Crippen LogP contribution is -2.45. The molecule has 16 heavy (non-hydrogen) atoms. The predicted octanol–water partition coefficient (Wildman–Crippen LogP) is -0.0388. The Bertz CT molecular complexity index is 320. The molecule has 1 fully saturated rings. The molecule has 1 aromatic rings. The van der Waals surface area contributed by atoms with Crippen molar-refractivity contribution in [2.75, 3.05) is 38.1 Å². The Morgan fingerprint density at radius 1 is 1.31 bits per heavy atom. The van der Waals surface area contributed by atoms with Gasteiger partial charge in [-0.25, -0.2) is 5.84 Å². The Kier molecular flexibility index (Phi) is 4.05. The lowest BCUT2D eigenvalue weighted by atomic mass is 10.3. The number of piperazine rings is 1. The van der Waals surface area contributed by atoms with Gasteiger partial charge < -0.3 is 10.3 Å². The monoisotopic (exact) mass is 242 g/mol. The number of nitrogen functional groups attached to an aromatic ring is 1. The number of hydrogen-bond acceptors (Lipinski definition) is 7. The van der Waals surface area contributed by atoms with Crippen molar-refractivity contribution in [3.05, 3.63) is 5.69 Å². The van der Waals surface area contributed by atoms with E-state index in [4.69, 9.17) is 5.84 Å². The first-order chi connectivity index (χ1) is 7.83. The Morgan fingerprint density at radius 2 is 2.00 bits per heavy atom. The molecule has 0 saturated carbocycles. The summed E-state index contributed by atoms with van der Waals surface area (Å²) in [4.78, 5) is 4.85. The summed E-state index contributed by atoms with van der Waals surface area (Å²) in [5, 5.41) is 4.96. The summed E-state index contributed by atoms with van der Waals surface area (Å²) in [6.45, 7) is 8.65. The largest absolute Gasteiger partial charge is 0.313 e. The summed E-state index contributed by atoms with van der Waals surface area (Å²) in [7, 11) is 0. The average Bonchev–Trinajstić information content (AvgIpc) is 2.77. The van der Waals surface area contributed by atoms with E-state index in [-0.39, 0.29) is 0 Å². The molecule has 1 saturated heterocycles. The first-order valence-electron chi connectivity index (χ1n) is 5.56. The molecule has 0 radical (unpaired) electrons. The molecule has 3 N–H and O–H groups in total. The van der Waals surface area contributed by atoms with Gasteiger partial charge in [0.05, 0.1) is 0 Å². The third-order valence-electron chi connectivity index (χ3n) is 2.97. The van der Waals surface area contributed by atoms with E-state index in [2.05, 4.69) is 31.7 Å². The van der Waals surface area contributed by atoms with Crippen LogP contribution < -0.4 is 11.3 Å². The Hall–Kier alpha value is -0.760. The fraction of sp³-hybridized carbons (Fsp3) is 0.778. The highest BCUT2D eigenvalue weighted by Gasteiger charge is 2.18. The number of anilines is 1. The van der Waals surface area contributed by atoms with Crippen LogP contribution in [0.15, 0.2) is 0 Å². The predicted molar refractivity (Wildman–Crippen MR) is 65.1 cm³/mol. The van der Waals surface area contributed by atoms with Gasteiger partial charge >= 0.3 is 0 Å². The standard InChI is InChI=1S/C9H18N6S/c1-2-14-3-5-15(6-4-14)7-8-9(11-10)16-13-12-8/h11H,2-7,10H2,1H3. The summed E-state index contributed by atoms with van der Waals surface area (Å²) >= 11 is 1.31. The second-order valence-electron chi connectivity index (χ2n) is 3.90. The van der Waals surface area contributed by atoms with Crippen LogP contribution in [0.3, 0.4) is 0 Å². The van der Waals surface area contributed by atoms with E-state index < -0.39 is 0 Å². The molecule has 1 aromatic heterocycles. The summed E-state index contributed by atoms with van der Waals surface area (Å²) in [6, 6.07) is 0. The first-order valence-corrected chi connectivity index (χ1v) is 6.33. The number of nitrogens with zero attached hydrogens (tertiary/aromatic N) is 4. The molecule has 0 spiro atoms. The van der Waals surface area contributed by atoms with E-state index in [0.29, 0.717) is 0 Å². The zero-order valence-electron chi connectivity index (χ0n) is 9.52. The second kappa shape index (κ2) is 5.53. The Morgan fingerprint density at radius 3 is 2.62 bits per heavy atom. The molecule has 0 aromatic carbocycles. The third kappa shape index (κ3) is 2.67. The summed E-state index contributed by atoms with van der Waals surface area (Å²) in [6.07, 6.45) is 0. The molecular weight excluding hydrogens is 224 g/mol. The van der Waals surface area contributed by atoms with Crippen LogP contribution in [0.1, 0.15) is 12.6 Å². The quantitative estimate of drug-likeness (QED) is 0.570. The number of aromatic nitrogens is 2. The number of likely N-dealkylation sites (N-methyl/N-ethyl adjacent to an activating group) is 1. The average molecular weight is 242 g/mol. The number of hydrazine groups is 1. The van der Waals surface area contributed by atoms with Crippen molar-refractivity contribution in [3.8, 4) is 0 Å². The molecule has 2 rings (SSSR count). The maximum Gasteiger partial charge on any atom is 0.148 e. The molecule has 2 heterocycles. The fourth-order valence-corrected chi connectivity index (χ4v) is 2.38. The van der Waals surface area contributed by atoms with Gasteiger partial charge in [0.2, 0.25) is 0 Å². The van der Waals surface area contributed by atoms with E-state index >= 15 is 0 Å². The van der Waals surface area contributed by atoms with E-state index in [0.717, 1.165) is 50.0 Å². The van der Waals surface area contributed by atoms with Gasteiger partial charge in [-0.15, -0.1) is 5.10 Å². The number of nitrogens with two attached hydrogens (primary N) is 1. The SMILES string of the molecule is CCN1CCN(Cc2nnsc2NN)CC1. The molecule has 0 atom stereocenters. The van der Waals surface area contributed by atoms with Gasteiger partial charge in [-0.2, -0.15) is 0 Å².